The quantitative estimate of drug-likeness (QED) is 0.876. The molecule has 0 bridgehead atoms. The molecule has 6 heteroatoms. The molecule has 0 unspecified atom stereocenters. The lowest BCUT2D eigenvalue weighted by Gasteiger charge is -2.09. The van der Waals surface area contributed by atoms with Gasteiger partial charge in [-0.2, -0.15) is 4.98 Å². The molecule has 1 aromatic carbocycles. The predicted octanol–water partition coefficient (Wildman–Crippen LogP) is 1.91. The molecule has 0 amide bonds. The first-order valence-corrected chi connectivity index (χ1v) is 6.85. The van der Waals surface area contributed by atoms with Gasteiger partial charge in [0.1, 0.15) is 17.3 Å². The summed E-state index contributed by atoms with van der Waals surface area (Å²) in [6.45, 7) is 0.379. The van der Waals surface area contributed by atoms with Gasteiger partial charge in [-0.25, -0.2) is 0 Å². The van der Waals surface area contributed by atoms with Crippen LogP contribution in [0.15, 0.2) is 29.1 Å². The van der Waals surface area contributed by atoms with Crippen LogP contribution in [0.2, 0.25) is 0 Å². The van der Waals surface area contributed by atoms with E-state index < -0.39 is 0 Å². The molecule has 110 valence electrons. The van der Waals surface area contributed by atoms with Crippen molar-refractivity contribution >= 4 is 0 Å². The number of rotatable bonds is 5. The summed E-state index contributed by atoms with van der Waals surface area (Å²) in [5.41, 5.74) is 6.33. The third-order valence-corrected chi connectivity index (χ3v) is 3.33. The Bertz CT molecular complexity index is 685. The Hall–Kier alpha value is -2.34. The Labute approximate surface area is 121 Å². The summed E-state index contributed by atoms with van der Waals surface area (Å²) in [7, 11) is 1.58. The molecule has 2 aromatic rings. The number of H-pyrrole nitrogens is 1. The lowest BCUT2D eigenvalue weighted by Crippen LogP contribution is -2.10. The smallest absolute Gasteiger partial charge is 0.254 e. The maximum absolute atomic E-state index is 11.7. The van der Waals surface area contributed by atoms with Gasteiger partial charge in [-0.05, 0) is 30.5 Å². The van der Waals surface area contributed by atoms with Crippen LogP contribution in [0, 0.1) is 0 Å². The predicted molar refractivity (Wildman–Crippen MR) is 77.8 cm³/mol. The molecule has 0 spiro atoms. The number of aromatic nitrogens is 2. The highest BCUT2D eigenvalue weighted by atomic mass is 16.5. The van der Waals surface area contributed by atoms with E-state index in [1.54, 1.807) is 13.2 Å². The Balaban J connectivity index is 1.90. The van der Waals surface area contributed by atoms with E-state index >= 15 is 0 Å². The van der Waals surface area contributed by atoms with Gasteiger partial charge in [0.2, 0.25) is 5.88 Å². The number of hydrogen-bond donors (Lipinski definition) is 2. The zero-order valence-electron chi connectivity index (χ0n) is 11.8. The minimum absolute atomic E-state index is 0.205. The van der Waals surface area contributed by atoms with Gasteiger partial charge in [-0.15, -0.1) is 0 Å². The molecule has 3 rings (SSSR count). The first-order valence-electron chi connectivity index (χ1n) is 6.85. The SMILES string of the molecule is COc1cc(CN)cc(Oc2cc(=O)[nH]c(C3CC3)n2)c1. The summed E-state index contributed by atoms with van der Waals surface area (Å²) in [5.74, 6) is 2.54. The van der Waals surface area contributed by atoms with E-state index in [1.165, 1.54) is 6.07 Å². The molecule has 0 saturated heterocycles. The van der Waals surface area contributed by atoms with Crippen molar-refractivity contribution in [1.29, 1.82) is 0 Å². The fraction of sp³-hybridized carbons (Fsp3) is 0.333. The average molecular weight is 287 g/mol. The molecule has 0 aliphatic heterocycles. The number of nitrogens with one attached hydrogen (secondary N) is 1. The van der Waals surface area contributed by atoms with E-state index in [-0.39, 0.29) is 11.4 Å². The maximum Gasteiger partial charge on any atom is 0.254 e. The molecule has 1 aliphatic carbocycles. The standard InChI is InChI=1S/C15H17N3O3/c1-20-11-4-9(8-16)5-12(6-11)21-14-7-13(19)17-15(18-14)10-2-3-10/h4-7,10H,2-3,8,16H2,1H3,(H,17,18,19). The van der Waals surface area contributed by atoms with Crippen LogP contribution in [-0.4, -0.2) is 17.1 Å². The van der Waals surface area contributed by atoms with E-state index in [0.29, 0.717) is 29.8 Å². The molecule has 0 atom stereocenters. The summed E-state index contributed by atoms with van der Waals surface area (Å²) in [6, 6.07) is 6.72. The van der Waals surface area contributed by atoms with Crippen molar-refractivity contribution in [2.45, 2.75) is 25.3 Å². The second-order valence-corrected chi connectivity index (χ2v) is 5.07. The van der Waals surface area contributed by atoms with E-state index in [1.807, 2.05) is 12.1 Å². The zero-order valence-corrected chi connectivity index (χ0v) is 11.8. The fourth-order valence-electron chi connectivity index (χ4n) is 2.10. The third kappa shape index (κ3) is 3.22. The van der Waals surface area contributed by atoms with Gasteiger partial charge in [0.25, 0.3) is 5.56 Å². The Morgan fingerprint density at radius 1 is 1.29 bits per heavy atom. The summed E-state index contributed by atoms with van der Waals surface area (Å²) in [4.78, 5) is 18.8. The minimum Gasteiger partial charge on any atom is -0.497 e. The highest BCUT2D eigenvalue weighted by molar-refractivity contribution is 5.40. The van der Waals surface area contributed by atoms with Gasteiger partial charge in [-0.1, -0.05) is 0 Å². The Morgan fingerprint density at radius 2 is 2.05 bits per heavy atom. The van der Waals surface area contributed by atoms with E-state index in [0.717, 1.165) is 18.4 Å². The van der Waals surface area contributed by atoms with E-state index in [9.17, 15) is 4.79 Å². The molecule has 1 fully saturated rings. The molecule has 3 N–H and O–H groups in total. The van der Waals surface area contributed by atoms with Gasteiger partial charge >= 0.3 is 0 Å². The minimum atomic E-state index is -0.205. The zero-order chi connectivity index (χ0) is 14.8. The van der Waals surface area contributed by atoms with Gasteiger partial charge in [-0.3, -0.25) is 4.79 Å². The van der Waals surface area contributed by atoms with Crippen molar-refractivity contribution in [3.8, 4) is 17.4 Å². The van der Waals surface area contributed by atoms with Crippen molar-refractivity contribution in [2.75, 3.05) is 7.11 Å². The van der Waals surface area contributed by atoms with Crippen LogP contribution in [0.5, 0.6) is 17.4 Å². The number of methoxy groups -OCH3 is 1. The summed E-state index contributed by atoms with van der Waals surface area (Å²) in [6.07, 6.45) is 2.12. The second kappa shape index (κ2) is 5.57. The van der Waals surface area contributed by atoms with Crippen LogP contribution >= 0.6 is 0 Å². The van der Waals surface area contributed by atoms with Crippen molar-refractivity contribution in [1.82, 2.24) is 9.97 Å². The molecule has 21 heavy (non-hydrogen) atoms. The largest absolute Gasteiger partial charge is 0.497 e. The number of nitrogens with two attached hydrogens (primary N) is 1. The van der Waals surface area contributed by atoms with Crippen LogP contribution in [0.4, 0.5) is 0 Å². The lowest BCUT2D eigenvalue weighted by atomic mass is 10.2. The fourth-order valence-corrected chi connectivity index (χ4v) is 2.10. The van der Waals surface area contributed by atoms with Crippen molar-refractivity contribution in [3.63, 3.8) is 0 Å². The molecule has 1 aromatic heterocycles. The van der Waals surface area contributed by atoms with E-state index in [4.69, 9.17) is 15.2 Å². The molecular formula is C15H17N3O3. The normalized spacial score (nSPS) is 14.0. The number of ether oxygens (including phenoxy) is 2. The number of nitrogens with zero attached hydrogens (tertiary/aromatic N) is 1. The number of hydrogen-bond acceptors (Lipinski definition) is 5. The van der Waals surface area contributed by atoms with Crippen LogP contribution in [0.3, 0.4) is 0 Å². The van der Waals surface area contributed by atoms with Gasteiger partial charge < -0.3 is 20.2 Å². The molecule has 6 nitrogen and oxygen atoms in total. The molecule has 1 aliphatic rings. The molecule has 1 heterocycles. The van der Waals surface area contributed by atoms with E-state index in [2.05, 4.69) is 9.97 Å². The topological polar surface area (TPSA) is 90.2 Å². The summed E-state index contributed by atoms with van der Waals surface area (Å²) >= 11 is 0. The highest BCUT2D eigenvalue weighted by Crippen LogP contribution is 2.38. The van der Waals surface area contributed by atoms with Crippen molar-refractivity contribution in [2.24, 2.45) is 5.73 Å². The van der Waals surface area contributed by atoms with Crippen molar-refractivity contribution in [3.05, 3.63) is 46.0 Å². The van der Waals surface area contributed by atoms with Crippen LogP contribution in [0.25, 0.3) is 0 Å². The number of benzene rings is 1. The molecular weight excluding hydrogens is 270 g/mol. The van der Waals surface area contributed by atoms with Crippen LogP contribution < -0.4 is 20.8 Å². The molecule has 1 saturated carbocycles. The van der Waals surface area contributed by atoms with Gasteiger partial charge in [0, 0.05) is 18.5 Å². The van der Waals surface area contributed by atoms with Gasteiger partial charge in [0.15, 0.2) is 0 Å². The summed E-state index contributed by atoms with van der Waals surface area (Å²) in [5, 5.41) is 0. The van der Waals surface area contributed by atoms with Crippen LogP contribution in [-0.2, 0) is 6.54 Å². The van der Waals surface area contributed by atoms with Crippen LogP contribution in [0.1, 0.15) is 30.1 Å². The maximum atomic E-state index is 11.7. The average Bonchev–Trinajstić information content (AvgIpc) is 3.30. The van der Waals surface area contributed by atoms with Crippen molar-refractivity contribution < 1.29 is 9.47 Å². The third-order valence-electron chi connectivity index (χ3n) is 3.33. The van der Waals surface area contributed by atoms with Gasteiger partial charge in [0.05, 0.1) is 13.2 Å². The summed E-state index contributed by atoms with van der Waals surface area (Å²) < 4.78 is 10.9. The first-order chi connectivity index (χ1) is 10.2. The lowest BCUT2D eigenvalue weighted by molar-refractivity contribution is 0.406. The highest BCUT2D eigenvalue weighted by Gasteiger charge is 2.26. The first kappa shape index (κ1) is 13.6. The Morgan fingerprint density at radius 3 is 2.71 bits per heavy atom. The Kier molecular flexibility index (Phi) is 3.62. The monoisotopic (exact) mass is 287 g/mol. The number of aromatic amines is 1. The molecule has 0 radical (unpaired) electrons. The second-order valence-electron chi connectivity index (χ2n) is 5.07.